The SMILES string of the molecule is O=C1CCc2cc(F)c(NC(=O)[C@H]3CCCCN3)cc2N1. The summed E-state index contributed by atoms with van der Waals surface area (Å²) in [5, 5.41) is 8.45. The van der Waals surface area contributed by atoms with Gasteiger partial charge in [-0.2, -0.15) is 0 Å². The first-order valence-electron chi connectivity index (χ1n) is 7.30. The lowest BCUT2D eigenvalue weighted by molar-refractivity contribution is -0.118. The van der Waals surface area contributed by atoms with Gasteiger partial charge in [0.2, 0.25) is 11.8 Å². The molecule has 2 amide bonds. The van der Waals surface area contributed by atoms with Gasteiger partial charge in [-0.05, 0) is 43.5 Å². The monoisotopic (exact) mass is 291 g/mol. The van der Waals surface area contributed by atoms with E-state index in [0.29, 0.717) is 18.5 Å². The zero-order chi connectivity index (χ0) is 14.8. The van der Waals surface area contributed by atoms with Crippen molar-refractivity contribution < 1.29 is 14.0 Å². The van der Waals surface area contributed by atoms with E-state index in [1.807, 2.05) is 0 Å². The third kappa shape index (κ3) is 3.05. The summed E-state index contributed by atoms with van der Waals surface area (Å²) in [5.41, 5.74) is 1.47. The number of halogens is 1. The number of rotatable bonds is 2. The zero-order valence-corrected chi connectivity index (χ0v) is 11.7. The molecular formula is C15H18FN3O2. The third-order valence-corrected chi connectivity index (χ3v) is 3.97. The van der Waals surface area contributed by atoms with Gasteiger partial charge in [0.15, 0.2) is 0 Å². The molecule has 2 aliphatic rings. The molecule has 0 aromatic heterocycles. The Labute approximate surface area is 122 Å². The third-order valence-electron chi connectivity index (χ3n) is 3.97. The summed E-state index contributed by atoms with van der Waals surface area (Å²) >= 11 is 0. The molecule has 112 valence electrons. The molecule has 2 aliphatic heterocycles. The first-order valence-corrected chi connectivity index (χ1v) is 7.30. The number of nitrogens with one attached hydrogen (secondary N) is 3. The lowest BCUT2D eigenvalue weighted by Crippen LogP contribution is -2.43. The van der Waals surface area contributed by atoms with E-state index >= 15 is 0 Å². The molecule has 0 radical (unpaired) electrons. The maximum atomic E-state index is 14.1. The van der Waals surface area contributed by atoms with Crippen molar-refractivity contribution in [1.29, 1.82) is 0 Å². The number of anilines is 2. The van der Waals surface area contributed by atoms with Gasteiger partial charge in [-0.15, -0.1) is 0 Å². The molecule has 3 N–H and O–H groups in total. The summed E-state index contributed by atoms with van der Waals surface area (Å²) in [5.74, 6) is -0.773. The van der Waals surface area contributed by atoms with Crippen molar-refractivity contribution in [1.82, 2.24) is 5.32 Å². The fourth-order valence-corrected chi connectivity index (χ4v) is 2.79. The lowest BCUT2D eigenvalue weighted by atomic mass is 10.0. The van der Waals surface area contributed by atoms with Crippen LogP contribution in [0.1, 0.15) is 31.2 Å². The minimum atomic E-state index is -0.464. The Morgan fingerprint density at radius 1 is 1.29 bits per heavy atom. The molecule has 1 aromatic rings. The van der Waals surface area contributed by atoms with Crippen LogP contribution in [0.4, 0.5) is 15.8 Å². The number of carbonyl (C=O) groups is 2. The molecule has 1 atom stereocenters. The average Bonchev–Trinajstić information content (AvgIpc) is 2.49. The Kier molecular flexibility index (Phi) is 3.88. The highest BCUT2D eigenvalue weighted by molar-refractivity contribution is 5.98. The first kappa shape index (κ1) is 14.0. The topological polar surface area (TPSA) is 70.2 Å². The molecule has 0 aliphatic carbocycles. The molecule has 1 fully saturated rings. The van der Waals surface area contributed by atoms with Crippen LogP contribution in [0.5, 0.6) is 0 Å². The Morgan fingerprint density at radius 3 is 2.90 bits per heavy atom. The van der Waals surface area contributed by atoms with Gasteiger partial charge in [-0.1, -0.05) is 6.42 Å². The number of amides is 2. The normalized spacial score (nSPS) is 21.4. The van der Waals surface area contributed by atoms with E-state index in [-0.39, 0.29) is 23.5 Å². The average molecular weight is 291 g/mol. The number of benzene rings is 1. The van der Waals surface area contributed by atoms with E-state index in [9.17, 15) is 14.0 Å². The molecular weight excluding hydrogens is 273 g/mol. The van der Waals surface area contributed by atoms with Crippen LogP contribution in [-0.4, -0.2) is 24.4 Å². The van der Waals surface area contributed by atoms with Crippen LogP contribution in [-0.2, 0) is 16.0 Å². The number of fused-ring (bicyclic) bond motifs is 1. The minimum absolute atomic E-state index is 0.0830. The standard InChI is InChI=1S/C15H18FN3O2/c16-10-7-9-4-5-14(20)18-12(9)8-13(10)19-15(21)11-3-1-2-6-17-11/h7-8,11,17H,1-6H2,(H,18,20)(H,19,21)/t11-/m1/s1. The Morgan fingerprint density at radius 2 is 2.14 bits per heavy atom. The summed E-state index contributed by atoms with van der Waals surface area (Å²) in [6.07, 6.45) is 3.70. The Bertz CT molecular complexity index is 583. The second kappa shape index (κ2) is 5.81. The van der Waals surface area contributed by atoms with E-state index in [2.05, 4.69) is 16.0 Å². The summed E-state index contributed by atoms with van der Waals surface area (Å²) in [6, 6.07) is 2.62. The number of carbonyl (C=O) groups excluding carboxylic acids is 2. The molecule has 0 unspecified atom stereocenters. The maximum Gasteiger partial charge on any atom is 0.241 e. The predicted molar refractivity (Wildman–Crippen MR) is 77.6 cm³/mol. The van der Waals surface area contributed by atoms with Gasteiger partial charge in [0.25, 0.3) is 0 Å². The van der Waals surface area contributed by atoms with Gasteiger partial charge in [0.1, 0.15) is 5.82 Å². The van der Waals surface area contributed by atoms with Gasteiger partial charge in [-0.3, -0.25) is 9.59 Å². The van der Waals surface area contributed by atoms with Gasteiger partial charge in [-0.25, -0.2) is 4.39 Å². The first-order chi connectivity index (χ1) is 10.1. The summed E-state index contributed by atoms with van der Waals surface area (Å²) < 4.78 is 14.1. The van der Waals surface area contributed by atoms with E-state index in [4.69, 9.17) is 0 Å². The highest BCUT2D eigenvalue weighted by Gasteiger charge is 2.23. The fourth-order valence-electron chi connectivity index (χ4n) is 2.79. The second-order valence-corrected chi connectivity index (χ2v) is 5.53. The Balaban J connectivity index is 1.77. The van der Waals surface area contributed by atoms with E-state index in [0.717, 1.165) is 31.4 Å². The number of piperidine rings is 1. The molecule has 1 saturated heterocycles. The smallest absolute Gasteiger partial charge is 0.241 e. The van der Waals surface area contributed by atoms with Crippen molar-refractivity contribution >= 4 is 23.2 Å². The molecule has 21 heavy (non-hydrogen) atoms. The minimum Gasteiger partial charge on any atom is -0.326 e. The molecule has 0 spiro atoms. The van der Waals surface area contributed by atoms with Crippen LogP contribution < -0.4 is 16.0 Å². The molecule has 6 heteroatoms. The van der Waals surface area contributed by atoms with Gasteiger partial charge in [0, 0.05) is 12.1 Å². The van der Waals surface area contributed by atoms with Crippen molar-refractivity contribution in [3.63, 3.8) is 0 Å². The molecule has 1 aromatic carbocycles. The Hall–Kier alpha value is -1.95. The van der Waals surface area contributed by atoms with Crippen LogP contribution in [0.2, 0.25) is 0 Å². The predicted octanol–water partition coefficient (Wildman–Crippen LogP) is 1.79. The summed E-state index contributed by atoms with van der Waals surface area (Å²) in [6.45, 7) is 0.806. The van der Waals surface area contributed by atoms with Gasteiger partial charge >= 0.3 is 0 Å². The summed E-state index contributed by atoms with van der Waals surface area (Å²) in [4.78, 5) is 23.5. The van der Waals surface area contributed by atoms with Crippen molar-refractivity contribution in [2.45, 2.75) is 38.1 Å². The number of aryl methyl sites for hydroxylation is 1. The van der Waals surface area contributed by atoms with Crippen molar-refractivity contribution in [2.75, 3.05) is 17.2 Å². The number of hydrogen-bond acceptors (Lipinski definition) is 3. The molecule has 2 heterocycles. The van der Waals surface area contributed by atoms with Gasteiger partial charge in [0.05, 0.1) is 11.7 Å². The second-order valence-electron chi connectivity index (χ2n) is 5.53. The van der Waals surface area contributed by atoms with Crippen LogP contribution in [0.3, 0.4) is 0 Å². The maximum absolute atomic E-state index is 14.1. The van der Waals surface area contributed by atoms with E-state index in [1.54, 1.807) is 0 Å². The van der Waals surface area contributed by atoms with Crippen LogP contribution >= 0.6 is 0 Å². The highest BCUT2D eigenvalue weighted by atomic mass is 19.1. The lowest BCUT2D eigenvalue weighted by Gasteiger charge is -2.23. The van der Waals surface area contributed by atoms with Crippen molar-refractivity contribution in [2.24, 2.45) is 0 Å². The quantitative estimate of drug-likeness (QED) is 0.778. The van der Waals surface area contributed by atoms with Crippen LogP contribution in [0.25, 0.3) is 0 Å². The van der Waals surface area contributed by atoms with Crippen LogP contribution in [0.15, 0.2) is 12.1 Å². The molecule has 0 bridgehead atoms. The van der Waals surface area contributed by atoms with Gasteiger partial charge < -0.3 is 16.0 Å². The van der Waals surface area contributed by atoms with E-state index < -0.39 is 5.82 Å². The largest absolute Gasteiger partial charge is 0.326 e. The van der Waals surface area contributed by atoms with Crippen LogP contribution in [0, 0.1) is 5.82 Å². The zero-order valence-electron chi connectivity index (χ0n) is 11.7. The molecule has 0 saturated carbocycles. The van der Waals surface area contributed by atoms with Crippen molar-refractivity contribution in [3.8, 4) is 0 Å². The summed E-state index contributed by atoms with van der Waals surface area (Å²) in [7, 11) is 0. The fraction of sp³-hybridized carbons (Fsp3) is 0.467. The van der Waals surface area contributed by atoms with Crippen molar-refractivity contribution in [3.05, 3.63) is 23.5 Å². The highest BCUT2D eigenvalue weighted by Crippen LogP contribution is 2.28. The number of hydrogen-bond donors (Lipinski definition) is 3. The van der Waals surface area contributed by atoms with E-state index in [1.165, 1.54) is 12.1 Å². The molecule has 3 rings (SSSR count). The molecule has 5 nitrogen and oxygen atoms in total.